The van der Waals surface area contributed by atoms with Crippen molar-refractivity contribution in [1.29, 1.82) is 0 Å². The topological polar surface area (TPSA) is 98.3 Å². The molecule has 7 nitrogen and oxygen atoms in total. The number of halogens is 1. The molecule has 2 rings (SSSR count). The number of benzene rings is 1. The summed E-state index contributed by atoms with van der Waals surface area (Å²) < 4.78 is 14.4. The first kappa shape index (κ1) is 12.7. The largest absolute Gasteiger partial charge is 0.476 e. The SMILES string of the molecule is Cc1cc(-n2ccc(C(=O)O)n2)c([N+](=O)[O-])cc1F. The van der Waals surface area contributed by atoms with E-state index in [1.165, 1.54) is 25.3 Å². The van der Waals surface area contributed by atoms with Gasteiger partial charge in [0.15, 0.2) is 5.69 Å². The number of carboxylic acid groups (broad SMARTS) is 1. The van der Waals surface area contributed by atoms with Gasteiger partial charge in [-0.05, 0) is 24.6 Å². The monoisotopic (exact) mass is 265 g/mol. The minimum absolute atomic E-state index is 0.0106. The fraction of sp³-hybridized carbons (Fsp3) is 0.0909. The van der Waals surface area contributed by atoms with Crippen LogP contribution in [0.3, 0.4) is 0 Å². The summed E-state index contributed by atoms with van der Waals surface area (Å²) in [6, 6.07) is 3.23. The van der Waals surface area contributed by atoms with Crippen LogP contribution in [-0.2, 0) is 0 Å². The molecule has 0 aliphatic rings. The van der Waals surface area contributed by atoms with Crippen LogP contribution in [0, 0.1) is 22.9 Å². The molecule has 8 heteroatoms. The van der Waals surface area contributed by atoms with E-state index < -0.39 is 22.4 Å². The third-order valence-electron chi connectivity index (χ3n) is 2.51. The number of hydrogen-bond donors (Lipinski definition) is 1. The Morgan fingerprint density at radius 2 is 2.21 bits per heavy atom. The first-order chi connectivity index (χ1) is 8.90. The van der Waals surface area contributed by atoms with E-state index >= 15 is 0 Å². The second-order valence-corrected chi connectivity index (χ2v) is 3.80. The molecule has 0 saturated heterocycles. The first-order valence-electron chi connectivity index (χ1n) is 5.14. The zero-order valence-electron chi connectivity index (χ0n) is 9.70. The molecular formula is C11H8FN3O4. The van der Waals surface area contributed by atoms with Gasteiger partial charge in [0.05, 0.1) is 11.0 Å². The number of hydrogen-bond acceptors (Lipinski definition) is 4. The van der Waals surface area contributed by atoms with Crippen molar-refractivity contribution in [2.45, 2.75) is 6.92 Å². The maximum absolute atomic E-state index is 13.3. The summed E-state index contributed by atoms with van der Waals surface area (Å²) in [6.45, 7) is 1.45. The van der Waals surface area contributed by atoms with E-state index in [0.717, 1.165) is 10.7 Å². The van der Waals surface area contributed by atoms with Crippen molar-refractivity contribution >= 4 is 11.7 Å². The van der Waals surface area contributed by atoms with E-state index in [9.17, 15) is 19.3 Å². The lowest BCUT2D eigenvalue weighted by Crippen LogP contribution is -2.05. The highest BCUT2D eigenvalue weighted by Gasteiger charge is 2.20. The van der Waals surface area contributed by atoms with Crippen LogP contribution in [-0.4, -0.2) is 25.8 Å². The van der Waals surface area contributed by atoms with E-state index in [1.807, 2.05) is 0 Å². The Bertz CT molecular complexity index is 681. The van der Waals surface area contributed by atoms with Crippen molar-refractivity contribution in [3.63, 3.8) is 0 Å². The lowest BCUT2D eigenvalue weighted by molar-refractivity contribution is -0.384. The molecule has 19 heavy (non-hydrogen) atoms. The van der Waals surface area contributed by atoms with E-state index in [4.69, 9.17) is 5.11 Å². The molecule has 1 aromatic heterocycles. The van der Waals surface area contributed by atoms with Gasteiger partial charge in [0.2, 0.25) is 0 Å². The van der Waals surface area contributed by atoms with Crippen molar-refractivity contribution in [3.8, 4) is 5.69 Å². The van der Waals surface area contributed by atoms with Gasteiger partial charge in [-0.15, -0.1) is 0 Å². The molecule has 0 aliphatic heterocycles. The molecule has 0 atom stereocenters. The molecule has 1 N–H and O–H groups in total. The fourth-order valence-electron chi connectivity index (χ4n) is 1.56. The second-order valence-electron chi connectivity index (χ2n) is 3.80. The van der Waals surface area contributed by atoms with Gasteiger partial charge in [-0.25, -0.2) is 13.9 Å². The Labute approximate surface area is 106 Å². The Morgan fingerprint density at radius 1 is 1.53 bits per heavy atom. The number of rotatable bonds is 3. The Hall–Kier alpha value is -2.77. The van der Waals surface area contributed by atoms with Gasteiger partial charge in [-0.3, -0.25) is 10.1 Å². The number of carboxylic acids is 1. The normalized spacial score (nSPS) is 10.4. The molecule has 0 unspecified atom stereocenters. The van der Waals surface area contributed by atoms with Crippen molar-refractivity contribution in [3.05, 3.63) is 51.6 Å². The number of aromatic carboxylic acids is 1. The minimum atomic E-state index is -1.25. The predicted molar refractivity (Wildman–Crippen MR) is 61.9 cm³/mol. The maximum atomic E-state index is 13.3. The van der Waals surface area contributed by atoms with Gasteiger partial charge >= 0.3 is 5.97 Å². The number of nitro groups is 1. The molecule has 0 spiro atoms. The summed E-state index contributed by atoms with van der Waals surface area (Å²) in [5, 5.41) is 23.3. The van der Waals surface area contributed by atoms with Gasteiger partial charge in [0, 0.05) is 6.20 Å². The molecule has 0 aliphatic carbocycles. The molecule has 2 aromatic rings. The van der Waals surface area contributed by atoms with Gasteiger partial charge < -0.3 is 5.11 Å². The number of carbonyl (C=O) groups is 1. The van der Waals surface area contributed by atoms with Crippen molar-refractivity contribution in [1.82, 2.24) is 9.78 Å². The number of aromatic nitrogens is 2. The molecule has 98 valence electrons. The van der Waals surface area contributed by atoms with Gasteiger partial charge in [-0.1, -0.05) is 0 Å². The smallest absolute Gasteiger partial charge is 0.356 e. The highest BCUT2D eigenvalue weighted by Crippen LogP contribution is 2.25. The van der Waals surface area contributed by atoms with Crippen LogP contribution in [0.2, 0.25) is 0 Å². The summed E-state index contributed by atoms with van der Waals surface area (Å²) in [6.07, 6.45) is 1.27. The van der Waals surface area contributed by atoms with Gasteiger partial charge in [0.1, 0.15) is 11.5 Å². The fourth-order valence-corrected chi connectivity index (χ4v) is 1.56. The maximum Gasteiger partial charge on any atom is 0.356 e. The van der Waals surface area contributed by atoms with E-state index in [2.05, 4.69) is 5.10 Å². The van der Waals surface area contributed by atoms with Crippen LogP contribution in [0.5, 0.6) is 0 Å². The lowest BCUT2D eigenvalue weighted by Gasteiger charge is -2.05. The van der Waals surface area contributed by atoms with E-state index in [-0.39, 0.29) is 16.9 Å². The van der Waals surface area contributed by atoms with Crippen LogP contribution < -0.4 is 0 Å². The Balaban J connectivity index is 2.62. The standard InChI is InChI=1S/C11H8FN3O4/c1-6-4-9(10(15(18)19)5-7(6)12)14-3-2-8(13-14)11(16)17/h2-5H,1H3,(H,16,17). The molecule has 0 bridgehead atoms. The summed E-state index contributed by atoms with van der Waals surface area (Å²) >= 11 is 0. The molecule has 1 heterocycles. The Kier molecular flexibility index (Phi) is 2.99. The molecule has 0 fully saturated rings. The molecule has 0 saturated carbocycles. The Morgan fingerprint density at radius 3 is 2.74 bits per heavy atom. The molecule has 1 aromatic carbocycles. The zero-order chi connectivity index (χ0) is 14.2. The quantitative estimate of drug-likeness (QED) is 0.675. The van der Waals surface area contributed by atoms with Crippen LogP contribution in [0.1, 0.15) is 16.1 Å². The first-order valence-corrected chi connectivity index (χ1v) is 5.14. The summed E-state index contributed by atoms with van der Waals surface area (Å²) in [5.41, 5.74) is -0.524. The predicted octanol–water partition coefficient (Wildman–Crippen LogP) is 1.93. The molecule has 0 amide bonds. The number of nitro benzene ring substituents is 1. The van der Waals surface area contributed by atoms with E-state index in [0.29, 0.717) is 0 Å². The van der Waals surface area contributed by atoms with Crippen LogP contribution in [0.4, 0.5) is 10.1 Å². The molecular weight excluding hydrogens is 257 g/mol. The average Bonchev–Trinajstić information content (AvgIpc) is 2.81. The highest BCUT2D eigenvalue weighted by atomic mass is 19.1. The van der Waals surface area contributed by atoms with Crippen LogP contribution in [0.25, 0.3) is 5.69 Å². The summed E-state index contributed by atoms with van der Waals surface area (Å²) in [5.74, 6) is -1.96. The third kappa shape index (κ3) is 2.28. The van der Waals surface area contributed by atoms with E-state index in [1.54, 1.807) is 0 Å². The van der Waals surface area contributed by atoms with Crippen LogP contribution >= 0.6 is 0 Å². The minimum Gasteiger partial charge on any atom is -0.476 e. The molecule has 0 radical (unpaired) electrons. The van der Waals surface area contributed by atoms with Crippen molar-refractivity contribution < 1.29 is 19.2 Å². The van der Waals surface area contributed by atoms with Crippen molar-refractivity contribution in [2.24, 2.45) is 0 Å². The average molecular weight is 265 g/mol. The summed E-state index contributed by atoms with van der Waals surface area (Å²) in [4.78, 5) is 20.8. The zero-order valence-corrected chi connectivity index (χ0v) is 9.70. The van der Waals surface area contributed by atoms with Gasteiger partial charge in [0.25, 0.3) is 5.69 Å². The van der Waals surface area contributed by atoms with Gasteiger partial charge in [-0.2, -0.15) is 5.10 Å². The summed E-state index contributed by atoms with van der Waals surface area (Å²) in [7, 11) is 0. The number of aryl methyl sites for hydroxylation is 1. The van der Waals surface area contributed by atoms with Crippen molar-refractivity contribution in [2.75, 3.05) is 0 Å². The lowest BCUT2D eigenvalue weighted by atomic mass is 10.2. The van der Waals surface area contributed by atoms with Crippen LogP contribution in [0.15, 0.2) is 24.4 Å². The second kappa shape index (κ2) is 4.48. The third-order valence-corrected chi connectivity index (χ3v) is 2.51. The highest BCUT2D eigenvalue weighted by molar-refractivity contribution is 5.85. The number of nitrogens with zero attached hydrogens (tertiary/aromatic N) is 3.